The van der Waals surface area contributed by atoms with Crippen LogP contribution >= 0.6 is 0 Å². The number of aromatic nitrogens is 3. The van der Waals surface area contributed by atoms with Gasteiger partial charge in [-0.2, -0.15) is 4.98 Å². The minimum atomic E-state index is 0.0515. The highest BCUT2D eigenvalue weighted by molar-refractivity contribution is 5.79. The van der Waals surface area contributed by atoms with Crippen LogP contribution in [0.5, 0.6) is 0 Å². The van der Waals surface area contributed by atoms with Gasteiger partial charge in [-0.25, -0.2) is 9.97 Å². The molecule has 2 fully saturated rings. The number of piperidine rings is 1. The van der Waals surface area contributed by atoms with Gasteiger partial charge in [0.25, 0.3) is 0 Å². The summed E-state index contributed by atoms with van der Waals surface area (Å²) in [5.41, 5.74) is 13.8. The number of hydrogen-bond donors (Lipinski definition) is 3. The van der Waals surface area contributed by atoms with Crippen LogP contribution in [-0.2, 0) is 4.79 Å². The van der Waals surface area contributed by atoms with Crippen LogP contribution in [0.4, 0.5) is 17.6 Å². The zero-order chi connectivity index (χ0) is 21.1. The summed E-state index contributed by atoms with van der Waals surface area (Å²) in [5.74, 6) is 8.63. The molecule has 2 aromatic rings. The number of aryl methyl sites for hydroxylation is 1. The first-order chi connectivity index (χ1) is 14.5. The highest BCUT2D eigenvalue weighted by Crippen LogP contribution is 2.29. The topological polar surface area (TPSA) is 123 Å². The molecule has 1 aliphatic heterocycles. The number of nitrogen functional groups attached to an aromatic ring is 2. The third kappa shape index (κ3) is 4.79. The molecule has 0 unspecified atom stereocenters. The predicted molar refractivity (Wildman–Crippen MR) is 116 cm³/mol. The van der Waals surface area contributed by atoms with Crippen molar-refractivity contribution in [1.82, 2.24) is 20.3 Å². The van der Waals surface area contributed by atoms with Gasteiger partial charge < -0.3 is 21.7 Å². The van der Waals surface area contributed by atoms with Crippen molar-refractivity contribution in [3.05, 3.63) is 35.2 Å². The Morgan fingerprint density at radius 1 is 1.17 bits per heavy atom. The second-order valence-electron chi connectivity index (χ2n) is 8.04. The average Bonchev–Trinajstić information content (AvgIpc) is 3.57. The van der Waals surface area contributed by atoms with E-state index in [0.29, 0.717) is 11.7 Å². The van der Waals surface area contributed by atoms with Crippen LogP contribution in [0.25, 0.3) is 0 Å². The van der Waals surface area contributed by atoms with Crippen molar-refractivity contribution in [1.29, 1.82) is 0 Å². The molecule has 1 saturated carbocycles. The fourth-order valence-corrected chi connectivity index (χ4v) is 3.63. The standard InChI is InChI=1S/C22H27N7O/c1-14-18(6-4-16-5-7-19(23)25-12-16)20(28-22(24)27-14)29-10-8-17(9-11-29)21(30)26-13-15-2-3-15/h5,7,12,15,17H,2-3,8-11,13H2,1H3,(H2,23,25)(H,26,30)(H2,24,27,28). The van der Waals surface area contributed by atoms with E-state index >= 15 is 0 Å². The molecule has 30 heavy (non-hydrogen) atoms. The molecule has 0 spiro atoms. The van der Waals surface area contributed by atoms with Gasteiger partial charge in [0.1, 0.15) is 11.6 Å². The van der Waals surface area contributed by atoms with Gasteiger partial charge in [0.15, 0.2) is 0 Å². The third-order valence-corrected chi connectivity index (χ3v) is 5.63. The Morgan fingerprint density at radius 2 is 1.93 bits per heavy atom. The third-order valence-electron chi connectivity index (χ3n) is 5.63. The Morgan fingerprint density at radius 3 is 2.60 bits per heavy atom. The van der Waals surface area contributed by atoms with Crippen molar-refractivity contribution < 1.29 is 4.79 Å². The molecule has 5 N–H and O–H groups in total. The molecule has 1 saturated heterocycles. The number of carbonyl (C=O) groups excluding carboxylic acids is 1. The largest absolute Gasteiger partial charge is 0.384 e. The van der Waals surface area contributed by atoms with Crippen LogP contribution in [0.1, 0.15) is 42.5 Å². The molecule has 1 aliphatic carbocycles. The summed E-state index contributed by atoms with van der Waals surface area (Å²) < 4.78 is 0. The van der Waals surface area contributed by atoms with E-state index in [0.717, 1.165) is 55.1 Å². The van der Waals surface area contributed by atoms with Crippen LogP contribution in [0.2, 0.25) is 0 Å². The van der Waals surface area contributed by atoms with Gasteiger partial charge in [-0.1, -0.05) is 11.8 Å². The Hall–Kier alpha value is -3.34. The number of nitrogens with two attached hydrogens (primary N) is 2. The van der Waals surface area contributed by atoms with Crippen molar-refractivity contribution in [2.45, 2.75) is 32.6 Å². The molecule has 3 heterocycles. The molecule has 4 rings (SSSR count). The van der Waals surface area contributed by atoms with Crippen LogP contribution in [0.15, 0.2) is 18.3 Å². The van der Waals surface area contributed by atoms with E-state index in [1.165, 1.54) is 12.8 Å². The minimum absolute atomic E-state index is 0.0515. The fourth-order valence-electron chi connectivity index (χ4n) is 3.63. The highest BCUT2D eigenvalue weighted by Gasteiger charge is 2.29. The maximum absolute atomic E-state index is 12.4. The Kier molecular flexibility index (Phi) is 5.70. The van der Waals surface area contributed by atoms with E-state index in [2.05, 4.69) is 37.0 Å². The smallest absolute Gasteiger partial charge is 0.223 e. The van der Waals surface area contributed by atoms with E-state index in [9.17, 15) is 4.79 Å². The van der Waals surface area contributed by atoms with Gasteiger partial charge >= 0.3 is 0 Å². The van der Waals surface area contributed by atoms with Gasteiger partial charge in [0, 0.05) is 37.3 Å². The first kappa shape index (κ1) is 20.0. The lowest BCUT2D eigenvalue weighted by molar-refractivity contribution is -0.125. The summed E-state index contributed by atoms with van der Waals surface area (Å²) >= 11 is 0. The van der Waals surface area contributed by atoms with Gasteiger partial charge in [-0.15, -0.1) is 0 Å². The molecular weight excluding hydrogens is 378 g/mol. The highest BCUT2D eigenvalue weighted by atomic mass is 16.1. The molecule has 2 aromatic heterocycles. The van der Waals surface area contributed by atoms with Crippen LogP contribution in [0.3, 0.4) is 0 Å². The van der Waals surface area contributed by atoms with Gasteiger partial charge in [-0.3, -0.25) is 4.79 Å². The molecule has 0 atom stereocenters. The molecule has 8 nitrogen and oxygen atoms in total. The van der Waals surface area contributed by atoms with E-state index in [1.54, 1.807) is 12.3 Å². The summed E-state index contributed by atoms with van der Waals surface area (Å²) in [6.45, 7) is 4.16. The Labute approximate surface area is 176 Å². The van der Waals surface area contributed by atoms with Crippen LogP contribution in [-0.4, -0.2) is 40.5 Å². The van der Waals surface area contributed by atoms with Crippen LogP contribution in [0, 0.1) is 30.6 Å². The molecule has 0 aromatic carbocycles. The van der Waals surface area contributed by atoms with Crippen LogP contribution < -0.4 is 21.7 Å². The van der Waals surface area contributed by atoms with E-state index in [-0.39, 0.29) is 17.8 Å². The molecule has 156 valence electrons. The lowest BCUT2D eigenvalue weighted by atomic mass is 9.95. The minimum Gasteiger partial charge on any atom is -0.384 e. The maximum atomic E-state index is 12.4. The number of nitrogens with one attached hydrogen (secondary N) is 1. The average molecular weight is 406 g/mol. The molecule has 1 amide bonds. The number of anilines is 3. The second kappa shape index (κ2) is 8.57. The predicted octanol–water partition coefficient (Wildman–Crippen LogP) is 1.49. The van der Waals surface area contributed by atoms with Crippen molar-refractivity contribution >= 4 is 23.5 Å². The quantitative estimate of drug-likeness (QED) is 0.659. The summed E-state index contributed by atoms with van der Waals surface area (Å²) in [6.07, 6.45) is 5.69. The SMILES string of the molecule is Cc1nc(N)nc(N2CCC(C(=O)NCC3CC3)CC2)c1C#Cc1ccc(N)nc1. The zero-order valence-corrected chi connectivity index (χ0v) is 17.2. The number of rotatable bonds is 4. The lowest BCUT2D eigenvalue weighted by Gasteiger charge is -2.33. The van der Waals surface area contributed by atoms with Gasteiger partial charge in [0.2, 0.25) is 11.9 Å². The fraction of sp³-hybridized carbons (Fsp3) is 0.455. The van der Waals surface area contributed by atoms with Gasteiger partial charge in [-0.05, 0) is 50.7 Å². The van der Waals surface area contributed by atoms with E-state index < -0.39 is 0 Å². The first-order valence-electron chi connectivity index (χ1n) is 10.4. The van der Waals surface area contributed by atoms with Crippen molar-refractivity contribution in [3.8, 4) is 11.8 Å². The second-order valence-corrected chi connectivity index (χ2v) is 8.04. The van der Waals surface area contributed by atoms with Gasteiger partial charge in [0.05, 0.1) is 11.3 Å². The molecule has 0 bridgehead atoms. The summed E-state index contributed by atoms with van der Waals surface area (Å²) in [4.78, 5) is 27.4. The molecule has 8 heteroatoms. The first-order valence-corrected chi connectivity index (χ1v) is 10.4. The van der Waals surface area contributed by atoms with Crippen molar-refractivity contribution in [2.24, 2.45) is 11.8 Å². The Balaban J connectivity index is 1.48. The Bertz CT molecular complexity index is 981. The summed E-state index contributed by atoms with van der Waals surface area (Å²) in [5, 5.41) is 3.10. The number of hydrogen-bond acceptors (Lipinski definition) is 7. The molecule has 0 radical (unpaired) electrons. The molecule has 2 aliphatic rings. The van der Waals surface area contributed by atoms with Crippen molar-refractivity contribution in [2.75, 3.05) is 36.0 Å². The maximum Gasteiger partial charge on any atom is 0.223 e. The molecular formula is C22H27N7O. The number of carbonyl (C=O) groups is 1. The number of nitrogens with zero attached hydrogens (tertiary/aromatic N) is 4. The monoisotopic (exact) mass is 405 g/mol. The van der Waals surface area contributed by atoms with E-state index in [1.807, 2.05) is 13.0 Å². The number of amides is 1. The lowest BCUT2D eigenvalue weighted by Crippen LogP contribution is -2.41. The zero-order valence-electron chi connectivity index (χ0n) is 17.2. The number of pyridine rings is 1. The van der Waals surface area contributed by atoms with Crippen molar-refractivity contribution in [3.63, 3.8) is 0 Å². The normalized spacial score (nSPS) is 16.6. The van der Waals surface area contributed by atoms with E-state index in [4.69, 9.17) is 11.5 Å². The summed E-state index contributed by atoms with van der Waals surface area (Å²) in [7, 11) is 0. The summed E-state index contributed by atoms with van der Waals surface area (Å²) in [6, 6.07) is 3.55.